The first-order valence-electron chi connectivity index (χ1n) is 21.3. The summed E-state index contributed by atoms with van der Waals surface area (Å²) in [5, 5.41) is 14.4. The maximum absolute atomic E-state index is 15.4. The van der Waals surface area contributed by atoms with Crippen molar-refractivity contribution in [2.45, 2.75) is 99.2 Å². The Morgan fingerprint density at radius 2 is 1.78 bits per heavy atom. The SMILES string of the molecule is CC[C@]12CN3CCc4c([nH]c5ccccc45)[C@@](C(=O)OC)(c4cc5c(cc4OC)N(C)[C@H]4[C@@](O)(C(=O)OC)[C@H](OC(C)=O)[C@]6(CC)C=CCN7CC[C@]54C76)CC(C3)C1O2. The molecule has 2 aromatic carbocycles. The van der Waals surface area contributed by atoms with Gasteiger partial charge in [0.15, 0.2) is 6.10 Å². The number of para-hydroxylation sites is 1. The zero-order valence-corrected chi connectivity index (χ0v) is 35.1. The highest BCUT2D eigenvalue weighted by molar-refractivity contribution is 5.95. The molecular weight excluding hydrogens is 753 g/mol. The molecule has 7 heterocycles. The van der Waals surface area contributed by atoms with Crippen LogP contribution in [-0.4, -0.2) is 134 Å². The summed E-state index contributed by atoms with van der Waals surface area (Å²) in [6, 6.07) is 11.2. The lowest BCUT2D eigenvalue weighted by Crippen LogP contribution is -2.81. The lowest BCUT2D eigenvalue weighted by atomic mass is 9.47. The number of piperidine rings is 1. The van der Waals surface area contributed by atoms with E-state index in [4.69, 9.17) is 23.7 Å². The predicted octanol–water partition coefficient (Wildman–Crippen LogP) is 4.01. The molecule has 0 radical (unpaired) electrons. The van der Waals surface area contributed by atoms with Crippen LogP contribution in [-0.2, 0) is 50.6 Å². The van der Waals surface area contributed by atoms with Crippen molar-refractivity contribution < 1.29 is 43.2 Å². The summed E-state index contributed by atoms with van der Waals surface area (Å²) in [7, 11) is 6.23. The molecule has 6 aliphatic heterocycles. The molecule has 1 aromatic heterocycles. The largest absolute Gasteiger partial charge is 0.496 e. The van der Waals surface area contributed by atoms with Crippen molar-refractivity contribution in [1.29, 1.82) is 0 Å². The van der Waals surface area contributed by atoms with Crippen molar-refractivity contribution in [2.75, 3.05) is 66.0 Å². The Morgan fingerprint density at radius 3 is 2.49 bits per heavy atom. The first-order chi connectivity index (χ1) is 28.3. The van der Waals surface area contributed by atoms with Crippen LogP contribution >= 0.6 is 0 Å². The fourth-order valence-corrected chi connectivity index (χ4v) is 13.9. The lowest BCUT2D eigenvalue weighted by Gasteiger charge is -2.63. The second-order valence-corrected chi connectivity index (χ2v) is 18.3. The molecular formula is C46H56N4O9. The third kappa shape index (κ3) is 4.73. The molecule has 4 unspecified atom stereocenters. The second-order valence-electron chi connectivity index (χ2n) is 18.3. The van der Waals surface area contributed by atoms with E-state index >= 15 is 4.79 Å². The molecule has 1 saturated carbocycles. The third-order valence-electron chi connectivity index (χ3n) is 16.0. The number of aromatic amines is 1. The highest BCUT2D eigenvalue weighted by Crippen LogP contribution is 2.68. The topological polar surface area (TPSA) is 146 Å². The van der Waals surface area contributed by atoms with Crippen molar-refractivity contribution in [2.24, 2.45) is 11.3 Å². The van der Waals surface area contributed by atoms with Crippen molar-refractivity contribution in [3.63, 3.8) is 0 Å². The van der Waals surface area contributed by atoms with Gasteiger partial charge in [0, 0.05) is 96.9 Å². The number of nitrogens with zero attached hydrogens (tertiary/aromatic N) is 3. The normalized spacial score (nSPS) is 38.7. The minimum Gasteiger partial charge on any atom is -0.496 e. The fourth-order valence-electron chi connectivity index (χ4n) is 13.9. The lowest BCUT2D eigenvalue weighted by molar-refractivity contribution is -0.228. The summed E-state index contributed by atoms with van der Waals surface area (Å²) in [5.41, 5.74) is -0.627. The number of aliphatic hydroxyl groups is 1. The third-order valence-corrected chi connectivity index (χ3v) is 16.0. The van der Waals surface area contributed by atoms with Gasteiger partial charge in [-0.1, -0.05) is 44.2 Å². The number of ether oxygens (including phenoxy) is 5. The molecule has 2 bridgehead atoms. The summed E-state index contributed by atoms with van der Waals surface area (Å²) < 4.78 is 30.7. The van der Waals surface area contributed by atoms with Gasteiger partial charge in [0.25, 0.3) is 0 Å². The van der Waals surface area contributed by atoms with Crippen molar-refractivity contribution in [3.05, 3.63) is 70.9 Å². The van der Waals surface area contributed by atoms with E-state index in [9.17, 15) is 14.7 Å². The van der Waals surface area contributed by atoms with Crippen molar-refractivity contribution in [3.8, 4) is 5.75 Å². The summed E-state index contributed by atoms with van der Waals surface area (Å²) in [4.78, 5) is 53.5. The number of carbonyl (C=O) groups is 3. The fraction of sp³-hybridized carbons (Fsp3) is 0.587. The van der Waals surface area contributed by atoms with Gasteiger partial charge in [-0.25, -0.2) is 4.79 Å². The number of rotatable bonds is 7. The molecule has 59 heavy (non-hydrogen) atoms. The maximum atomic E-state index is 15.4. The summed E-state index contributed by atoms with van der Waals surface area (Å²) >= 11 is 0. The Balaban J connectivity index is 1.28. The highest BCUT2D eigenvalue weighted by Gasteiger charge is 2.80. The number of carbonyl (C=O) groups excluding carboxylic acids is 3. The molecule has 13 heteroatoms. The van der Waals surface area contributed by atoms with Crippen molar-refractivity contribution in [1.82, 2.24) is 14.8 Å². The molecule has 3 saturated heterocycles. The van der Waals surface area contributed by atoms with Gasteiger partial charge in [-0.15, -0.1) is 0 Å². The van der Waals surface area contributed by atoms with Crippen LogP contribution in [0.15, 0.2) is 48.6 Å². The molecule has 0 amide bonds. The average molecular weight is 809 g/mol. The van der Waals surface area contributed by atoms with E-state index in [1.807, 2.05) is 37.1 Å². The molecule has 1 aliphatic carbocycles. The van der Waals surface area contributed by atoms with E-state index in [-0.39, 0.29) is 23.7 Å². The number of likely N-dealkylation sites (N-methyl/N-ethyl adjacent to an activating group) is 1. The van der Waals surface area contributed by atoms with Gasteiger partial charge in [-0.05, 0) is 61.9 Å². The van der Waals surface area contributed by atoms with Gasteiger partial charge in [-0.3, -0.25) is 19.4 Å². The van der Waals surface area contributed by atoms with Crippen LogP contribution in [0.2, 0.25) is 0 Å². The minimum absolute atomic E-state index is 0.00603. The Morgan fingerprint density at radius 1 is 1.00 bits per heavy atom. The van der Waals surface area contributed by atoms with Crippen LogP contribution < -0.4 is 9.64 Å². The molecule has 3 aromatic rings. The van der Waals surface area contributed by atoms with E-state index in [0.717, 1.165) is 59.5 Å². The van der Waals surface area contributed by atoms with Crippen LogP contribution in [0.3, 0.4) is 0 Å². The first-order valence-corrected chi connectivity index (χ1v) is 21.3. The van der Waals surface area contributed by atoms with Gasteiger partial charge in [0.05, 0.1) is 33.5 Å². The van der Waals surface area contributed by atoms with Crippen molar-refractivity contribution >= 4 is 34.5 Å². The molecule has 13 nitrogen and oxygen atoms in total. The quantitative estimate of drug-likeness (QED) is 0.154. The Kier molecular flexibility index (Phi) is 8.56. The standard InChI is InChI=1S/C46H56N4O9/c1-8-42-16-12-18-50-20-17-44(37(42)50)30-21-31(34(55-5)22-33(30)48(4)38(44)46(54,41(53)57-7)39(42)58-26(3)51)45(40(52)56-6)23-27-24-49(25-43(9-2)36(27)59-43)19-15-29-28-13-10-11-14-32(28)47-35(29)45/h10-14,16,21-22,27,36-39,47,54H,8-9,15,17-20,23-25H2,1-7H3/t27?,36?,37?,38-,39-,42-,43+,44-,45+,46+/m1/s1. The first kappa shape index (κ1) is 38.8. The summed E-state index contributed by atoms with van der Waals surface area (Å²) in [6.07, 6.45) is 5.94. The second kappa shape index (κ2) is 13.0. The summed E-state index contributed by atoms with van der Waals surface area (Å²) in [5.74, 6) is -1.37. The Labute approximate surface area is 344 Å². The molecule has 10 rings (SSSR count). The Hall–Kier alpha value is -4.43. The minimum atomic E-state index is -2.29. The number of hydrogen-bond donors (Lipinski definition) is 2. The predicted molar refractivity (Wildman–Crippen MR) is 218 cm³/mol. The zero-order valence-electron chi connectivity index (χ0n) is 35.1. The van der Waals surface area contributed by atoms with Gasteiger partial charge in [0.1, 0.15) is 16.8 Å². The molecule has 11 atom stereocenters. The van der Waals surface area contributed by atoms with E-state index in [1.165, 1.54) is 21.1 Å². The van der Waals surface area contributed by atoms with Gasteiger partial charge >= 0.3 is 17.9 Å². The van der Waals surface area contributed by atoms with E-state index in [0.29, 0.717) is 50.1 Å². The number of aromatic nitrogens is 1. The number of nitrogens with one attached hydrogen (secondary N) is 1. The number of esters is 3. The number of H-pyrrole nitrogens is 1. The maximum Gasteiger partial charge on any atom is 0.344 e. The zero-order chi connectivity index (χ0) is 41.4. The highest BCUT2D eigenvalue weighted by atomic mass is 16.6. The molecule has 7 aliphatic rings. The van der Waals surface area contributed by atoms with Crippen LogP contribution in [0, 0.1) is 11.3 Å². The van der Waals surface area contributed by atoms with E-state index in [2.05, 4.69) is 52.1 Å². The van der Waals surface area contributed by atoms with Gasteiger partial charge < -0.3 is 38.7 Å². The molecule has 2 N–H and O–H groups in total. The van der Waals surface area contributed by atoms with Crippen LogP contribution in [0.25, 0.3) is 10.9 Å². The van der Waals surface area contributed by atoms with Crippen LogP contribution in [0.4, 0.5) is 5.69 Å². The van der Waals surface area contributed by atoms with Gasteiger partial charge in [-0.2, -0.15) is 0 Å². The molecule has 1 spiro atoms. The van der Waals surface area contributed by atoms with Crippen LogP contribution in [0.1, 0.15) is 68.8 Å². The smallest absolute Gasteiger partial charge is 0.344 e. The monoisotopic (exact) mass is 808 g/mol. The van der Waals surface area contributed by atoms with Gasteiger partial charge in [0.2, 0.25) is 5.60 Å². The van der Waals surface area contributed by atoms with E-state index < -0.39 is 51.9 Å². The number of epoxide rings is 1. The number of anilines is 1. The molecule has 4 fully saturated rings. The number of hydrogen-bond acceptors (Lipinski definition) is 12. The number of methoxy groups -OCH3 is 3. The Bertz CT molecular complexity index is 2310. The number of fused-ring (bicyclic) bond motifs is 8. The average Bonchev–Trinajstić information content (AvgIpc) is 3.53. The molecule has 314 valence electrons. The van der Waals surface area contributed by atoms with Crippen LogP contribution in [0.5, 0.6) is 5.75 Å². The van der Waals surface area contributed by atoms with E-state index in [1.54, 1.807) is 7.11 Å². The number of benzene rings is 2. The summed E-state index contributed by atoms with van der Waals surface area (Å²) in [6.45, 7) is 9.32.